The Bertz CT molecular complexity index is 969. The maximum absolute atomic E-state index is 13.0. The quantitative estimate of drug-likeness (QED) is 0.697. The summed E-state index contributed by atoms with van der Waals surface area (Å²) in [5, 5.41) is -2.31. The Labute approximate surface area is 176 Å². The van der Waals surface area contributed by atoms with Crippen LogP contribution in [0, 0.1) is 0 Å². The van der Waals surface area contributed by atoms with Gasteiger partial charge in [-0.25, -0.2) is 0 Å². The summed E-state index contributed by atoms with van der Waals surface area (Å²) < 4.78 is 34.9. The smallest absolute Gasteiger partial charge is 0.295 e. The molecular weight excluding hydrogens is 408 g/mol. The molecule has 0 aromatic heterocycles. The molecule has 0 fully saturated rings. The van der Waals surface area contributed by atoms with Gasteiger partial charge in [-0.05, 0) is 37.4 Å². The van der Waals surface area contributed by atoms with Crippen LogP contribution in [0.2, 0.25) is 0 Å². The molecule has 0 bridgehead atoms. The molecule has 3 rings (SSSR count). The van der Waals surface area contributed by atoms with Gasteiger partial charge >= 0.3 is 0 Å². The Balaban J connectivity index is 2.15. The van der Waals surface area contributed by atoms with Crippen LogP contribution in [0.15, 0.2) is 48.5 Å². The SMILES string of the molecule is CN(C)CCSC(=O)C(N1c2ccccc2C(C)(C)c2ccccc21)S(=O)(=O)O. The average molecular weight is 435 g/mol. The topological polar surface area (TPSA) is 77.9 Å². The van der Waals surface area contributed by atoms with Crippen molar-refractivity contribution in [3.63, 3.8) is 0 Å². The van der Waals surface area contributed by atoms with Crippen molar-refractivity contribution in [2.75, 3.05) is 31.3 Å². The maximum atomic E-state index is 13.0. The lowest BCUT2D eigenvalue weighted by Crippen LogP contribution is -2.47. The third kappa shape index (κ3) is 4.21. The summed E-state index contributed by atoms with van der Waals surface area (Å²) in [6, 6.07) is 14.9. The molecule has 0 radical (unpaired) electrons. The number of hydrogen-bond acceptors (Lipinski definition) is 6. The number of benzene rings is 2. The number of hydrogen-bond donors (Lipinski definition) is 1. The molecule has 156 valence electrons. The van der Waals surface area contributed by atoms with E-state index in [0.29, 0.717) is 23.7 Å². The molecule has 1 unspecified atom stereocenters. The van der Waals surface area contributed by atoms with Gasteiger partial charge in [-0.3, -0.25) is 9.35 Å². The van der Waals surface area contributed by atoms with Crippen LogP contribution in [0.25, 0.3) is 0 Å². The molecule has 1 N–H and O–H groups in total. The molecule has 0 aliphatic carbocycles. The van der Waals surface area contributed by atoms with Crippen LogP contribution in [-0.2, 0) is 20.3 Å². The second-order valence-corrected chi connectivity index (χ2v) is 10.4. The zero-order valence-corrected chi connectivity index (χ0v) is 18.6. The molecule has 8 heteroatoms. The highest BCUT2D eigenvalue weighted by atomic mass is 32.2. The van der Waals surface area contributed by atoms with Crippen LogP contribution < -0.4 is 4.90 Å². The average Bonchev–Trinajstić information content (AvgIpc) is 2.64. The number of fused-ring (bicyclic) bond motifs is 2. The fraction of sp³-hybridized carbons (Fsp3) is 0.381. The maximum Gasteiger partial charge on any atom is 0.295 e. The first-order valence-electron chi connectivity index (χ1n) is 9.31. The van der Waals surface area contributed by atoms with Gasteiger partial charge in [-0.2, -0.15) is 8.42 Å². The third-order valence-electron chi connectivity index (χ3n) is 5.17. The van der Waals surface area contributed by atoms with E-state index in [2.05, 4.69) is 13.8 Å². The molecule has 2 aromatic carbocycles. The third-order valence-corrected chi connectivity index (χ3v) is 7.21. The van der Waals surface area contributed by atoms with E-state index < -0.39 is 20.6 Å². The van der Waals surface area contributed by atoms with Crippen LogP contribution in [0.4, 0.5) is 11.4 Å². The van der Waals surface area contributed by atoms with Crippen LogP contribution in [-0.4, -0.2) is 54.8 Å². The minimum atomic E-state index is -4.70. The van der Waals surface area contributed by atoms with Crippen LogP contribution in [0.5, 0.6) is 0 Å². The van der Waals surface area contributed by atoms with Crippen molar-refractivity contribution in [3.05, 3.63) is 59.7 Å². The van der Waals surface area contributed by atoms with Crippen molar-refractivity contribution in [1.82, 2.24) is 4.90 Å². The van der Waals surface area contributed by atoms with Gasteiger partial charge in [0.2, 0.25) is 10.5 Å². The van der Waals surface area contributed by atoms with E-state index in [9.17, 15) is 17.8 Å². The monoisotopic (exact) mass is 434 g/mol. The van der Waals surface area contributed by atoms with Gasteiger partial charge in [0.05, 0.1) is 0 Å². The first-order valence-corrected chi connectivity index (χ1v) is 11.8. The molecule has 1 aliphatic heterocycles. The Hall–Kier alpha value is -1.87. The van der Waals surface area contributed by atoms with Gasteiger partial charge in [-0.15, -0.1) is 0 Å². The minimum Gasteiger partial charge on any atom is -0.314 e. The lowest BCUT2D eigenvalue weighted by molar-refractivity contribution is -0.110. The van der Waals surface area contributed by atoms with Gasteiger partial charge in [0.15, 0.2) is 0 Å². The molecule has 29 heavy (non-hydrogen) atoms. The zero-order chi connectivity index (χ0) is 21.4. The first kappa shape index (κ1) is 21.8. The van der Waals surface area contributed by atoms with E-state index in [1.54, 1.807) is 24.3 Å². The van der Waals surface area contributed by atoms with E-state index in [4.69, 9.17) is 0 Å². The summed E-state index contributed by atoms with van der Waals surface area (Å²) in [5.41, 5.74) is 2.65. The number of carbonyl (C=O) groups excluding carboxylic acids is 1. The van der Waals surface area contributed by atoms with Gasteiger partial charge in [-0.1, -0.05) is 62.0 Å². The number of para-hydroxylation sites is 2. The normalized spacial score (nSPS) is 16.3. The van der Waals surface area contributed by atoms with Gasteiger partial charge in [0.25, 0.3) is 10.1 Å². The molecule has 6 nitrogen and oxygen atoms in total. The van der Waals surface area contributed by atoms with Gasteiger partial charge in [0.1, 0.15) is 0 Å². The number of thioether (sulfide) groups is 1. The van der Waals surface area contributed by atoms with E-state index in [1.807, 2.05) is 43.3 Å². The van der Waals surface area contributed by atoms with Gasteiger partial charge < -0.3 is 9.80 Å². The second-order valence-electron chi connectivity index (χ2n) is 7.87. The zero-order valence-electron chi connectivity index (χ0n) is 17.0. The Morgan fingerprint density at radius 1 is 1.07 bits per heavy atom. The highest BCUT2D eigenvalue weighted by Crippen LogP contribution is 2.50. The standard InChI is InChI=1S/C21H26N2O4S2/c1-21(2)15-9-5-7-11-17(15)23(18-12-8-6-10-16(18)21)19(29(25,26)27)20(24)28-14-13-22(3)4/h5-12,19H,13-14H2,1-4H3,(H,25,26,27). The molecule has 0 saturated carbocycles. The largest absolute Gasteiger partial charge is 0.314 e. The first-order chi connectivity index (χ1) is 13.5. The van der Waals surface area contributed by atoms with E-state index in [-0.39, 0.29) is 5.41 Å². The van der Waals surface area contributed by atoms with E-state index >= 15 is 0 Å². The lowest BCUT2D eigenvalue weighted by atomic mass is 9.73. The highest BCUT2D eigenvalue weighted by molar-refractivity contribution is 8.15. The molecule has 0 saturated heterocycles. The number of nitrogens with zero attached hydrogens (tertiary/aromatic N) is 2. The summed E-state index contributed by atoms with van der Waals surface area (Å²) in [4.78, 5) is 16.4. The van der Waals surface area contributed by atoms with Crippen molar-refractivity contribution in [2.45, 2.75) is 24.6 Å². The minimum absolute atomic E-state index is 0.380. The molecular formula is C21H26N2O4S2. The molecule has 1 atom stereocenters. The fourth-order valence-corrected chi connectivity index (χ4v) is 5.92. The van der Waals surface area contributed by atoms with E-state index in [0.717, 1.165) is 22.9 Å². The van der Waals surface area contributed by atoms with Crippen LogP contribution >= 0.6 is 11.8 Å². The Morgan fingerprint density at radius 3 is 2.00 bits per heavy atom. The summed E-state index contributed by atoms with van der Waals surface area (Å²) in [7, 11) is -0.936. The molecule has 0 spiro atoms. The van der Waals surface area contributed by atoms with Crippen LogP contribution in [0.1, 0.15) is 25.0 Å². The van der Waals surface area contributed by atoms with Gasteiger partial charge in [0, 0.05) is 29.1 Å². The summed E-state index contributed by atoms with van der Waals surface area (Å²) in [5.74, 6) is 0.431. The highest BCUT2D eigenvalue weighted by Gasteiger charge is 2.45. The summed E-state index contributed by atoms with van der Waals surface area (Å²) in [6.07, 6.45) is 0. The predicted octanol–water partition coefficient (Wildman–Crippen LogP) is 3.50. The Morgan fingerprint density at radius 2 is 1.55 bits per heavy atom. The lowest BCUT2D eigenvalue weighted by Gasteiger charge is -2.43. The Kier molecular flexibility index (Phi) is 6.10. The van der Waals surface area contributed by atoms with Crippen molar-refractivity contribution in [3.8, 4) is 0 Å². The number of rotatable bonds is 6. The molecule has 2 aromatic rings. The fourth-order valence-electron chi connectivity index (χ4n) is 3.71. The van der Waals surface area contributed by atoms with Crippen molar-refractivity contribution in [1.29, 1.82) is 0 Å². The van der Waals surface area contributed by atoms with Crippen molar-refractivity contribution < 1.29 is 17.8 Å². The molecule has 1 aliphatic rings. The summed E-state index contributed by atoms with van der Waals surface area (Å²) in [6.45, 7) is 4.75. The molecule has 0 amide bonds. The van der Waals surface area contributed by atoms with Crippen molar-refractivity contribution >= 4 is 38.4 Å². The number of carbonyl (C=O) groups is 1. The predicted molar refractivity (Wildman–Crippen MR) is 119 cm³/mol. The second kappa shape index (κ2) is 8.10. The van der Waals surface area contributed by atoms with Crippen LogP contribution in [0.3, 0.4) is 0 Å². The van der Waals surface area contributed by atoms with Crippen molar-refractivity contribution in [2.24, 2.45) is 0 Å². The van der Waals surface area contributed by atoms with E-state index in [1.165, 1.54) is 4.90 Å². The summed E-state index contributed by atoms with van der Waals surface area (Å²) >= 11 is 0.921. The molecule has 1 heterocycles. The number of anilines is 2.